The molecule has 1 aliphatic heterocycles. The highest BCUT2D eigenvalue weighted by Gasteiger charge is 2.26. The van der Waals surface area contributed by atoms with Gasteiger partial charge >= 0.3 is 6.03 Å². The summed E-state index contributed by atoms with van der Waals surface area (Å²) >= 11 is 3.52. The average Bonchev–Trinajstić information content (AvgIpc) is 2.90. The number of nitrogens with zero attached hydrogens (tertiary/aromatic N) is 1. The van der Waals surface area contributed by atoms with Gasteiger partial charge < -0.3 is 15.3 Å². The molecule has 1 heterocycles. The van der Waals surface area contributed by atoms with E-state index >= 15 is 0 Å². The summed E-state index contributed by atoms with van der Waals surface area (Å²) in [5.74, 6) is 0.235. The second kappa shape index (κ2) is 7.09. The number of nitrogens with one attached hydrogen (secondary N) is 1. The van der Waals surface area contributed by atoms with Gasteiger partial charge in [-0.2, -0.15) is 0 Å². The van der Waals surface area contributed by atoms with Crippen LogP contribution in [0.3, 0.4) is 0 Å². The van der Waals surface area contributed by atoms with Crippen molar-refractivity contribution in [2.24, 2.45) is 5.92 Å². The monoisotopic (exact) mass is 340 g/mol. The van der Waals surface area contributed by atoms with E-state index in [4.69, 9.17) is 5.11 Å². The number of carbonyl (C=O) groups is 1. The number of hydrogen-bond donors (Lipinski definition) is 2. The van der Waals surface area contributed by atoms with Crippen molar-refractivity contribution >= 4 is 22.0 Å². The second-order valence-corrected chi connectivity index (χ2v) is 6.28. The number of aliphatic hydroxyl groups is 1. The number of amides is 2. The van der Waals surface area contributed by atoms with Gasteiger partial charge in [0.1, 0.15) is 0 Å². The fourth-order valence-electron chi connectivity index (χ4n) is 2.51. The van der Waals surface area contributed by atoms with Gasteiger partial charge in [0.25, 0.3) is 0 Å². The van der Waals surface area contributed by atoms with Gasteiger partial charge in [-0.3, -0.25) is 0 Å². The molecule has 1 saturated heterocycles. The highest BCUT2D eigenvalue weighted by molar-refractivity contribution is 9.10. The van der Waals surface area contributed by atoms with E-state index in [0.29, 0.717) is 6.54 Å². The van der Waals surface area contributed by atoms with Crippen LogP contribution in [0.25, 0.3) is 0 Å². The number of urea groups is 1. The van der Waals surface area contributed by atoms with Gasteiger partial charge in [-0.15, -0.1) is 0 Å². The van der Waals surface area contributed by atoms with E-state index in [-0.39, 0.29) is 24.6 Å². The Hall–Kier alpha value is -1.07. The van der Waals surface area contributed by atoms with Gasteiger partial charge in [0.15, 0.2) is 0 Å². The predicted molar refractivity (Wildman–Crippen MR) is 82.6 cm³/mol. The van der Waals surface area contributed by atoms with Crippen LogP contribution in [-0.2, 0) is 6.42 Å². The molecule has 2 amide bonds. The Bertz CT molecular complexity index is 467. The molecular formula is C15H21BrN2O2. The number of hydrogen-bond acceptors (Lipinski definition) is 2. The van der Waals surface area contributed by atoms with Crippen molar-refractivity contribution in [1.29, 1.82) is 0 Å². The maximum absolute atomic E-state index is 12.1. The van der Waals surface area contributed by atoms with Crippen LogP contribution < -0.4 is 5.32 Å². The maximum atomic E-state index is 12.1. The maximum Gasteiger partial charge on any atom is 0.317 e. The predicted octanol–water partition coefficient (Wildman–Crippen LogP) is 2.40. The van der Waals surface area contributed by atoms with Gasteiger partial charge in [0.2, 0.25) is 0 Å². The molecule has 5 heteroatoms. The Labute approximate surface area is 128 Å². The first kappa shape index (κ1) is 15.3. The van der Waals surface area contributed by atoms with Crippen LogP contribution in [0.4, 0.5) is 4.79 Å². The van der Waals surface area contributed by atoms with E-state index in [1.165, 1.54) is 5.56 Å². The minimum Gasteiger partial charge on any atom is -0.396 e. The quantitative estimate of drug-likeness (QED) is 0.884. The van der Waals surface area contributed by atoms with E-state index in [1.54, 1.807) is 4.90 Å². The highest BCUT2D eigenvalue weighted by atomic mass is 79.9. The number of likely N-dealkylation sites (tertiary alicyclic amines) is 1. The molecule has 0 aromatic heterocycles. The minimum absolute atomic E-state index is 0.0273. The molecule has 0 unspecified atom stereocenters. The normalized spacial score (nSPS) is 19.9. The largest absolute Gasteiger partial charge is 0.396 e. The minimum atomic E-state index is -0.0273. The first-order valence-corrected chi connectivity index (χ1v) is 7.79. The summed E-state index contributed by atoms with van der Waals surface area (Å²) in [6.07, 6.45) is 1.69. The molecule has 110 valence electrons. The molecule has 0 aliphatic carbocycles. The Morgan fingerprint density at radius 3 is 2.95 bits per heavy atom. The van der Waals surface area contributed by atoms with Gasteiger partial charge in [-0.25, -0.2) is 4.79 Å². The van der Waals surface area contributed by atoms with Crippen molar-refractivity contribution < 1.29 is 9.90 Å². The number of benzene rings is 1. The molecule has 20 heavy (non-hydrogen) atoms. The van der Waals surface area contributed by atoms with Crippen LogP contribution in [0.1, 0.15) is 18.9 Å². The number of aliphatic hydroxyl groups excluding tert-OH is 1. The van der Waals surface area contributed by atoms with E-state index in [1.807, 2.05) is 25.1 Å². The van der Waals surface area contributed by atoms with Crippen LogP contribution in [-0.4, -0.2) is 41.8 Å². The smallest absolute Gasteiger partial charge is 0.317 e. The molecule has 1 aromatic rings. The van der Waals surface area contributed by atoms with Crippen molar-refractivity contribution in [2.45, 2.75) is 25.8 Å². The topological polar surface area (TPSA) is 52.6 Å². The number of rotatable bonds is 4. The molecule has 1 aromatic carbocycles. The van der Waals surface area contributed by atoms with Crippen molar-refractivity contribution in [3.05, 3.63) is 34.3 Å². The van der Waals surface area contributed by atoms with E-state index in [2.05, 4.69) is 27.3 Å². The third-order valence-corrected chi connectivity index (χ3v) is 4.46. The molecule has 2 atom stereocenters. The molecule has 1 fully saturated rings. The first-order chi connectivity index (χ1) is 9.60. The lowest BCUT2D eigenvalue weighted by molar-refractivity contribution is 0.195. The van der Waals surface area contributed by atoms with Crippen molar-refractivity contribution in [1.82, 2.24) is 10.2 Å². The molecule has 4 nitrogen and oxygen atoms in total. The van der Waals surface area contributed by atoms with Crippen molar-refractivity contribution in [3.8, 4) is 0 Å². The third-order valence-electron chi connectivity index (χ3n) is 3.69. The van der Waals surface area contributed by atoms with Gasteiger partial charge in [0, 0.05) is 36.1 Å². The van der Waals surface area contributed by atoms with Gasteiger partial charge in [0.05, 0.1) is 0 Å². The highest BCUT2D eigenvalue weighted by Crippen LogP contribution is 2.18. The lowest BCUT2D eigenvalue weighted by atomic mass is 10.1. The molecular weight excluding hydrogens is 320 g/mol. The zero-order chi connectivity index (χ0) is 14.5. The molecule has 0 saturated carbocycles. The van der Waals surface area contributed by atoms with Crippen LogP contribution in [0.5, 0.6) is 0 Å². The molecule has 2 N–H and O–H groups in total. The summed E-state index contributed by atoms with van der Waals surface area (Å²) in [4.78, 5) is 13.9. The van der Waals surface area contributed by atoms with E-state index in [0.717, 1.165) is 23.9 Å². The Morgan fingerprint density at radius 1 is 1.55 bits per heavy atom. The summed E-state index contributed by atoms with van der Waals surface area (Å²) in [6.45, 7) is 3.57. The van der Waals surface area contributed by atoms with Gasteiger partial charge in [-0.1, -0.05) is 34.1 Å². The number of carbonyl (C=O) groups excluding carboxylic acids is 1. The summed E-state index contributed by atoms with van der Waals surface area (Å²) in [5.41, 5.74) is 1.19. The lowest BCUT2D eigenvalue weighted by Gasteiger charge is -2.21. The SMILES string of the molecule is C[C@@H](Cc1ccccc1Br)NC(=O)N1CC[C@@H](CO)C1. The van der Waals surface area contributed by atoms with E-state index in [9.17, 15) is 4.79 Å². The van der Waals surface area contributed by atoms with Crippen molar-refractivity contribution in [2.75, 3.05) is 19.7 Å². The van der Waals surface area contributed by atoms with E-state index < -0.39 is 0 Å². The van der Waals surface area contributed by atoms with Crippen LogP contribution in [0.2, 0.25) is 0 Å². The molecule has 2 rings (SSSR count). The molecule has 0 radical (unpaired) electrons. The third kappa shape index (κ3) is 3.96. The zero-order valence-corrected chi connectivity index (χ0v) is 13.3. The van der Waals surface area contributed by atoms with Crippen molar-refractivity contribution in [3.63, 3.8) is 0 Å². The number of halogens is 1. The van der Waals surface area contributed by atoms with Crippen LogP contribution >= 0.6 is 15.9 Å². The lowest BCUT2D eigenvalue weighted by Crippen LogP contribution is -2.43. The average molecular weight is 341 g/mol. The Kier molecular flexibility index (Phi) is 5.43. The molecule has 0 bridgehead atoms. The van der Waals surface area contributed by atoms with Gasteiger partial charge in [-0.05, 0) is 31.4 Å². The summed E-state index contributed by atoms with van der Waals surface area (Å²) in [7, 11) is 0. The van der Waals surface area contributed by atoms with Crippen LogP contribution in [0, 0.1) is 5.92 Å². The summed E-state index contributed by atoms with van der Waals surface area (Å²) < 4.78 is 1.07. The second-order valence-electron chi connectivity index (χ2n) is 5.43. The zero-order valence-electron chi connectivity index (χ0n) is 11.7. The first-order valence-electron chi connectivity index (χ1n) is 7.00. The molecule has 0 spiro atoms. The Balaban J connectivity index is 1.84. The van der Waals surface area contributed by atoms with Crippen LogP contribution in [0.15, 0.2) is 28.7 Å². The summed E-state index contributed by atoms with van der Waals surface area (Å²) in [5, 5.41) is 12.1. The summed E-state index contributed by atoms with van der Waals surface area (Å²) in [6, 6.07) is 8.10. The Morgan fingerprint density at radius 2 is 2.30 bits per heavy atom. The standard InChI is InChI=1S/C15H21BrN2O2/c1-11(8-13-4-2-3-5-14(13)16)17-15(20)18-7-6-12(9-18)10-19/h2-5,11-12,19H,6-10H2,1H3,(H,17,20)/t11-,12+/m0/s1. The fourth-order valence-corrected chi connectivity index (χ4v) is 2.96. The fraction of sp³-hybridized carbons (Fsp3) is 0.533. The molecule has 1 aliphatic rings.